The van der Waals surface area contributed by atoms with Crippen LogP contribution in [0.25, 0.3) is 0 Å². The summed E-state index contributed by atoms with van der Waals surface area (Å²) < 4.78 is 19.9. The number of rotatable bonds is 5. The fourth-order valence-electron chi connectivity index (χ4n) is 1.86. The highest BCUT2D eigenvalue weighted by Gasteiger charge is 2.12. The molecule has 0 aliphatic carbocycles. The number of ether oxygens (including phenoxy) is 1. The largest absolute Gasteiger partial charge is 0.465 e. The van der Waals surface area contributed by atoms with E-state index < -0.39 is 11.8 Å². The summed E-state index contributed by atoms with van der Waals surface area (Å²) in [5, 5.41) is 7.38. The van der Waals surface area contributed by atoms with Gasteiger partial charge in [-0.15, -0.1) is 0 Å². The predicted molar refractivity (Wildman–Crippen MR) is 77.7 cm³/mol. The first-order valence-electron chi connectivity index (χ1n) is 6.66. The molecule has 0 saturated carbocycles. The number of carbonyl (C=O) groups is 1. The van der Waals surface area contributed by atoms with Crippen molar-refractivity contribution in [3.63, 3.8) is 0 Å². The first-order chi connectivity index (χ1) is 10.0. The Bertz CT molecular complexity index is 638. The number of halogens is 1. The first kappa shape index (κ1) is 15.0. The molecule has 2 rings (SSSR count). The topological polar surface area (TPSA) is 56.1 Å². The third-order valence-electron chi connectivity index (χ3n) is 3.05. The third-order valence-corrected chi connectivity index (χ3v) is 3.05. The molecule has 1 heterocycles. The standard InChI is InChI=1S/C15H18FN3O2/c1-10(2)19-9-11(8-18-19)7-17-12-4-5-14(16)13(6-12)15(20)21-3/h4-6,8-10,17H,7H2,1-3H3. The Kier molecular flexibility index (Phi) is 4.57. The maximum Gasteiger partial charge on any atom is 0.340 e. The quantitative estimate of drug-likeness (QED) is 0.860. The van der Waals surface area contributed by atoms with Gasteiger partial charge in [0.2, 0.25) is 0 Å². The van der Waals surface area contributed by atoms with Gasteiger partial charge in [-0.25, -0.2) is 9.18 Å². The van der Waals surface area contributed by atoms with Crippen molar-refractivity contribution in [1.29, 1.82) is 0 Å². The number of aromatic nitrogens is 2. The van der Waals surface area contributed by atoms with E-state index in [4.69, 9.17) is 0 Å². The zero-order valence-electron chi connectivity index (χ0n) is 12.3. The Balaban J connectivity index is 2.07. The fourth-order valence-corrected chi connectivity index (χ4v) is 1.86. The van der Waals surface area contributed by atoms with E-state index in [1.165, 1.54) is 19.2 Å². The highest BCUT2D eigenvalue weighted by Crippen LogP contribution is 2.17. The number of nitrogens with zero attached hydrogens (tertiary/aromatic N) is 2. The van der Waals surface area contributed by atoms with E-state index in [9.17, 15) is 9.18 Å². The SMILES string of the molecule is COC(=O)c1cc(NCc2cnn(C(C)C)c2)ccc1F. The van der Waals surface area contributed by atoms with E-state index >= 15 is 0 Å². The van der Waals surface area contributed by atoms with Crippen molar-refractivity contribution in [2.24, 2.45) is 0 Å². The zero-order valence-corrected chi connectivity index (χ0v) is 12.3. The monoisotopic (exact) mass is 291 g/mol. The summed E-state index contributed by atoms with van der Waals surface area (Å²) in [7, 11) is 1.22. The molecular formula is C15H18FN3O2. The number of benzene rings is 1. The number of nitrogens with one attached hydrogen (secondary N) is 1. The highest BCUT2D eigenvalue weighted by atomic mass is 19.1. The van der Waals surface area contributed by atoms with Gasteiger partial charge in [0.1, 0.15) is 5.82 Å². The second kappa shape index (κ2) is 6.39. The average molecular weight is 291 g/mol. The summed E-state index contributed by atoms with van der Waals surface area (Å²) in [6, 6.07) is 4.56. The van der Waals surface area contributed by atoms with Gasteiger partial charge in [0, 0.05) is 30.0 Å². The van der Waals surface area contributed by atoms with Gasteiger partial charge in [-0.1, -0.05) is 0 Å². The molecule has 1 aromatic heterocycles. The maximum atomic E-state index is 13.5. The highest BCUT2D eigenvalue weighted by molar-refractivity contribution is 5.90. The van der Waals surface area contributed by atoms with Crippen LogP contribution in [0.2, 0.25) is 0 Å². The van der Waals surface area contributed by atoms with Crippen molar-refractivity contribution < 1.29 is 13.9 Å². The van der Waals surface area contributed by atoms with Crippen molar-refractivity contribution in [2.45, 2.75) is 26.4 Å². The van der Waals surface area contributed by atoms with E-state index in [2.05, 4.69) is 15.2 Å². The van der Waals surface area contributed by atoms with Gasteiger partial charge in [-0.2, -0.15) is 5.10 Å². The van der Waals surface area contributed by atoms with Crippen LogP contribution in [0.5, 0.6) is 0 Å². The second-order valence-corrected chi connectivity index (χ2v) is 4.96. The molecule has 6 heteroatoms. The minimum atomic E-state index is -0.691. The van der Waals surface area contributed by atoms with Crippen LogP contribution >= 0.6 is 0 Å². The van der Waals surface area contributed by atoms with Gasteiger partial charge < -0.3 is 10.1 Å². The average Bonchev–Trinajstić information content (AvgIpc) is 2.94. The van der Waals surface area contributed by atoms with Crippen molar-refractivity contribution in [1.82, 2.24) is 9.78 Å². The van der Waals surface area contributed by atoms with Gasteiger partial charge in [-0.05, 0) is 32.0 Å². The van der Waals surface area contributed by atoms with Crippen molar-refractivity contribution in [3.8, 4) is 0 Å². The maximum absolute atomic E-state index is 13.5. The van der Waals surface area contributed by atoms with Crippen molar-refractivity contribution in [2.75, 3.05) is 12.4 Å². The number of hydrogen-bond acceptors (Lipinski definition) is 4. The Labute approximate surface area is 122 Å². The lowest BCUT2D eigenvalue weighted by Gasteiger charge is -2.08. The molecule has 0 bridgehead atoms. The molecule has 1 aromatic carbocycles. The summed E-state index contributed by atoms with van der Waals surface area (Å²) in [6.45, 7) is 4.64. The molecule has 5 nitrogen and oxygen atoms in total. The van der Waals surface area contributed by atoms with Crippen LogP contribution in [-0.4, -0.2) is 22.9 Å². The van der Waals surface area contributed by atoms with Gasteiger partial charge in [0.05, 0.1) is 18.9 Å². The molecule has 112 valence electrons. The molecule has 0 amide bonds. The summed E-state index contributed by atoms with van der Waals surface area (Å²) in [4.78, 5) is 11.4. The molecule has 0 aliphatic heterocycles. The Morgan fingerprint density at radius 3 is 2.86 bits per heavy atom. The molecule has 0 aliphatic rings. The number of esters is 1. The Morgan fingerprint density at radius 1 is 1.48 bits per heavy atom. The lowest BCUT2D eigenvalue weighted by molar-refractivity contribution is 0.0595. The molecule has 0 fully saturated rings. The van der Waals surface area contributed by atoms with E-state index in [1.54, 1.807) is 12.3 Å². The molecule has 21 heavy (non-hydrogen) atoms. The minimum Gasteiger partial charge on any atom is -0.465 e. The molecule has 1 N–H and O–H groups in total. The van der Waals surface area contributed by atoms with E-state index in [1.807, 2.05) is 24.7 Å². The fraction of sp³-hybridized carbons (Fsp3) is 0.333. The summed E-state index contributed by atoms with van der Waals surface area (Å²) >= 11 is 0. The number of anilines is 1. The lowest BCUT2D eigenvalue weighted by Crippen LogP contribution is -2.06. The molecule has 0 atom stereocenters. The number of carbonyl (C=O) groups excluding carboxylic acids is 1. The molecule has 0 saturated heterocycles. The van der Waals surface area contributed by atoms with Gasteiger partial charge in [0.15, 0.2) is 0 Å². The number of hydrogen-bond donors (Lipinski definition) is 1. The van der Waals surface area contributed by atoms with Crippen LogP contribution in [0.4, 0.5) is 10.1 Å². The van der Waals surface area contributed by atoms with Gasteiger partial charge in [0.25, 0.3) is 0 Å². The lowest BCUT2D eigenvalue weighted by atomic mass is 10.2. The van der Waals surface area contributed by atoms with E-state index in [-0.39, 0.29) is 5.56 Å². The van der Waals surface area contributed by atoms with Gasteiger partial charge in [-0.3, -0.25) is 4.68 Å². The van der Waals surface area contributed by atoms with Crippen LogP contribution in [0.3, 0.4) is 0 Å². The summed E-state index contributed by atoms with van der Waals surface area (Å²) in [5.74, 6) is -1.29. The third kappa shape index (κ3) is 3.59. The molecule has 0 spiro atoms. The molecule has 2 aromatic rings. The summed E-state index contributed by atoms with van der Waals surface area (Å²) in [5.41, 5.74) is 1.57. The van der Waals surface area contributed by atoms with Crippen LogP contribution in [-0.2, 0) is 11.3 Å². The van der Waals surface area contributed by atoms with Gasteiger partial charge >= 0.3 is 5.97 Å². The van der Waals surface area contributed by atoms with Crippen LogP contribution < -0.4 is 5.32 Å². The Morgan fingerprint density at radius 2 is 2.24 bits per heavy atom. The van der Waals surface area contributed by atoms with Crippen LogP contribution in [0.15, 0.2) is 30.6 Å². The smallest absolute Gasteiger partial charge is 0.340 e. The molecular weight excluding hydrogens is 273 g/mol. The zero-order chi connectivity index (χ0) is 15.4. The summed E-state index contributed by atoms with van der Waals surface area (Å²) in [6.07, 6.45) is 3.72. The minimum absolute atomic E-state index is 0.0830. The first-order valence-corrected chi connectivity index (χ1v) is 6.66. The van der Waals surface area contributed by atoms with Crippen molar-refractivity contribution in [3.05, 3.63) is 47.5 Å². The normalized spacial score (nSPS) is 10.7. The van der Waals surface area contributed by atoms with Crippen LogP contribution in [0, 0.1) is 5.82 Å². The predicted octanol–water partition coefficient (Wildman–Crippen LogP) is 3.00. The Hall–Kier alpha value is -2.37. The van der Waals surface area contributed by atoms with E-state index in [0.717, 1.165) is 5.56 Å². The molecule has 0 radical (unpaired) electrons. The van der Waals surface area contributed by atoms with Crippen molar-refractivity contribution >= 4 is 11.7 Å². The molecule has 0 unspecified atom stereocenters. The number of methoxy groups -OCH3 is 1. The van der Waals surface area contributed by atoms with E-state index in [0.29, 0.717) is 18.3 Å². The van der Waals surface area contributed by atoms with Crippen LogP contribution in [0.1, 0.15) is 35.8 Å². The second-order valence-electron chi connectivity index (χ2n) is 4.96.